The molecule has 1 aromatic rings. The molecule has 7 heteroatoms. The molecule has 0 aliphatic heterocycles. The molecule has 0 saturated heterocycles. The number of nitrogens with two attached hydrogens (primary N) is 1. The van der Waals surface area contributed by atoms with Crippen molar-refractivity contribution in [2.75, 3.05) is 5.32 Å². The topological polar surface area (TPSA) is 109 Å². The van der Waals surface area contributed by atoms with Gasteiger partial charge < -0.3 is 16.2 Å². The zero-order valence-electron chi connectivity index (χ0n) is 13.9. The summed E-state index contributed by atoms with van der Waals surface area (Å²) in [6.45, 7) is 0. The van der Waals surface area contributed by atoms with Gasteiger partial charge in [0.1, 0.15) is 5.00 Å². The fraction of sp³-hybridized carbons (Fsp3) is 0.611. The van der Waals surface area contributed by atoms with Gasteiger partial charge in [-0.2, -0.15) is 0 Å². The standard InChI is InChI=1S/C18H22N2O4S/c19-15(21)14-10-2-1-3-11(10)25-17(14)20-16(22)12-8-4-6-9(7-5-8)13(12)18(23)24/h8-9,12-13H,1-7H2,(H2,19,21)(H,20,22)(H,23,24)/t8?,9?,12-,13-/m1/s1. The van der Waals surface area contributed by atoms with Crippen molar-refractivity contribution in [3.05, 3.63) is 16.0 Å². The van der Waals surface area contributed by atoms with Crippen molar-refractivity contribution < 1.29 is 19.5 Å². The normalized spacial score (nSPS) is 30.1. The fourth-order valence-electron chi connectivity index (χ4n) is 5.13. The molecule has 2 amide bonds. The van der Waals surface area contributed by atoms with Gasteiger partial charge in [0.15, 0.2) is 0 Å². The maximum Gasteiger partial charge on any atom is 0.307 e. The summed E-state index contributed by atoms with van der Waals surface area (Å²) in [5.74, 6) is -2.58. The minimum absolute atomic E-state index is 0.0854. The number of hydrogen-bond acceptors (Lipinski definition) is 4. The highest BCUT2D eigenvalue weighted by molar-refractivity contribution is 7.17. The number of rotatable bonds is 4. The van der Waals surface area contributed by atoms with Crippen LogP contribution in [-0.4, -0.2) is 22.9 Å². The number of carbonyl (C=O) groups is 3. The van der Waals surface area contributed by atoms with Crippen molar-refractivity contribution in [1.82, 2.24) is 0 Å². The van der Waals surface area contributed by atoms with Crippen LogP contribution in [0.1, 0.15) is 52.9 Å². The number of nitrogens with one attached hydrogen (secondary N) is 1. The molecule has 1 heterocycles. The molecular formula is C18H22N2O4S. The van der Waals surface area contributed by atoms with Gasteiger partial charge in [-0.05, 0) is 62.3 Å². The molecule has 4 N–H and O–H groups in total. The predicted molar refractivity (Wildman–Crippen MR) is 93.6 cm³/mol. The molecule has 6 nitrogen and oxygen atoms in total. The SMILES string of the molecule is NC(=O)c1c(NC(=O)[C@@H]2C3CCC(CC3)[C@H]2C(=O)O)sc2c1CCC2. The lowest BCUT2D eigenvalue weighted by Crippen LogP contribution is -2.49. The van der Waals surface area contributed by atoms with Crippen molar-refractivity contribution in [1.29, 1.82) is 0 Å². The number of thiophene rings is 1. The Bertz CT molecular complexity index is 749. The van der Waals surface area contributed by atoms with Crippen LogP contribution in [0.25, 0.3) is 0 Å². The highest BCUT2D eigenvalue weighted by Gasteiger charge is 2.50. The van der Waals surface area contributed by atoms with E-state index < -0.39 is 23.7 Å². The third-order valence-electron chi connectivity index (χ3n) is 6.21. The largest absolute Gasteiger partial charge is 0.481 e. The van der Waals surface area contributed by atoms with Crippen LogP contribution >= 0.6 is 11.3 Å². The van der Waals surface area contributed by atoms with Crippen LogP contribution in [0.15, 0.2) is 0 Å². The van der Waals surface area contributed by atoms with E-state index in [0.717, 1.165) is 55.4 Å². The maximum atomic E-state index is 13.0. The number of carboxylic acids is 1. The lowest BCUT2D eigenvalue weighted by atomic mass is 9.58. The van der Waals surface area contributed by atoms with Crippen LogP contribution in [0.3, 0.4) is 0 Å². The molecule has 5 rings (SSSR count). The van der Waals surface area contributed by atoms with Crippen LogP contribution in [0.2, 0.25) is 0 Å². The van der Waals surface area contributed by atoms with Crippen LogP contribution in [0, 0.1) is 23.7 Å². The van der Waals surface area contributed by atoms with Crippen molar-refractivity contribution in [3.63, 3.8) is 0 Å². The van der Waals surface area contributed by atoms with Gasteiger partial charge in [-0.25, -0.2) is 0 Å². The number of aliphatic carboxylic acids is 1. The van der Waals surface area contributed by atoms with E-state index in [9.17, 15) is 19.5 Å². The average Bonchev–Trinajstić information content (AvgIpc) is 3.14. The van der Waals surface area contributed by atoms with Crippen LogP contribution in [-0.2, 0) is 22.4 Å². The Hall–Kier alpha value is -1.89. The van der Waals surface area contributed by atoms with Gasteiger partial charge in [-0.3, -0.25) is 14.4 Å². The Morgan fingerprint density at radius 1 is 1.04 bits per heavy atom. The maximum absolute atomic E-state index is 13.0. The molecule has 0 radical (unpaired) electrons. The monoisotopic (exact) mass is 362 g/mol. The zero-order chi connectivity index (χ0) is 17.7. The molecular weight excluding hydrogens is 340 g/mol. The van der Waals surface area contributed by atoms with E-state index in [0.29, 0.717) is 10.6 Å². The fourth-order valence-corrected chi connectivity index (χ4v) is 6.43. The van der Waals surface area contributed by atoms with Crippen molar-refractivity contribution in [3.8, 4) is 0 Å². The van der Waals surface area contributed by atoms with E-state index >= 15 is 0 Å². The number of hydrogen-bond donors (Lipinski definition) is 3. The minimum atomic E-state index is -0.877. The van der Waals surface area contributed by atoms with Gasteiger partial charge in [0, 0.05) is 4.88 Å². The van der Waals surface area contributed by atoms with Crippen molar-refractivity contribution >= 4 is 34.1 Å². The summed E-state index contributed by atoms with van der Waals surface area (Å²) in [7, 11) is 0. The number of anilines is 1. The van der Waals surface area contributed by atoms with Crippen molar-refractivity contribution in [2.45, 2.75) is 44.9 Å². The average molecular weight is 362 g/mol. The first-order valence-corrected chi connectivity index (χ1v) is 9.77. The Balaban J connectivity index is 1.62. The molecule has 3 saturated carbocycles. The molecule has 2 atom stereocenters. The number of aryl methyl sites for hydroxylation is 1. The Labute approximate surface area is 149 Å². The number of primary amides is 1. The first-order chi connectivity index (χ1) is 12.0. The van der Waals surface area contributed by atoms with Crippen LogP contribution < -0.4 is 11.1 Å². The molecule has 4 aliphatic rings. The summed E-state index contributed by atoms with van der Waals surface area (Å²) in [6, 6.07) is 0. The molecule has 2 bridgehead atoms. The van der Waals surface area contributed by atoms with E-state index in [1.165, 1.54) is 11.3 Å². The molecule has 134 valence electrons. The molecule has 1 aromatic heterocycles. The molecule has 0 unspecified atom stereocenters. The Morgan fingerprint density at radius 3 is 2.28 bits per heavy atom. The van der Waals surface area contributed by atoms with Crippen LogP contribution in [0.5, 0.6) is 0 Å². The highest BCUT2D eigenvalue weighted by Crippen LogP contribution is 2.49. The van der Waals surface area contributed by atoms with E-state index in [1.54, 1.807) is 0 Å². The summed E-state index contributed by atoms with van der Waals surface area (Å²) in [5, 5.41) is 13.0. The van der Waals surface area contributed by atoms with Gasteiger partial charge >= 0.3 is 5.97 Å². The number of carbonyl (C=O) groups excluding carboxylic acids is 2. The zero-order valence-corrected chi connectivity index (χ0v) is 14.7. The third-order valence-corrected chi connectivity index (χ3v) is 7.42. The molecule has 25 heavy (non-hydrogen) atoms. The van der Waals surface area contributed by atoms with Crippen molar-refractivity contribution in [2.24, 2.45) is 29.4 Å². The quantitative estimate of drug-likeness (QED) is 0.764. The van der Waals surface area contributed by atoms with Gasteiger partial charge in [-0.15, -0.1) is 11.3 Å². The lowest BCUT2D eigenvalue weighted by Gasteiger charge is -2.45. The summed E-state index contributed by atoms with van der Waals surface area (Å²) in [5.41, 5.74) is 6.94. The first-order valence-electron chi connectivity index (χ1n) is 8.95. The molecule has 3 fully saturated rings. The van der Waals surface area contributed by atoms with Gasteiger partial charge in [-0.1, -0.05) is 0 Å². The smallest absolute Gasteiger partial charge is 0.307 e. The van der Waals surface area contributed by atoms with E-state index in [1.807, 2.05) is 0 Å². The Kier molecular flexibility index (Phi) is 4.06. The first kappa shape index (κ1) is 16.6. The number of amides is 2. The minimum Gasteiger partial charge on any atom is -0.481 e. The van der Waals surface area contributed by atoms with Gasteiger partial charge in [0.25, 0.3) is 5.91 Å². The molecule has 0 spiro atoms. The van der Waals surface area contributed by atoms with Crippen LogP contribution in [0.4, 0.5) is 5.00 Å². The summed E-state index contributed by atoms with van der Waals surface area (Å²) in [6.07, 6.45) is 6.33. The molecule has 4 aliphatic carbocycles. The lowest BCUT2D eigenvalue weighted by molar-refractivity contribution is -0.156. The van der Waals surface area contributed by atoms with E-state index in [2.05, 4.69) is 5.32 Å². The second-order valence-electron chi connectivity index (χ2n) is 7.48. The van der Waals surface area contributed by atoms with E-state index in [4.69, 9.17) is 5.73 Å². The summed E-state index contributed by atoms with van der Waals surface area (Å²) < 4.78 is 0. The second-order valence-corrected chi connectivity index (χ2v) is 8.58. The Morgan fingerprint density at radius 2 is 1.68 bits per heavy atom. The number of carboxylic acid groups (broad SMARTS) is 1. The predicted octanol–water partition coefficient (Wildman–Crippen LogP) is 2.41. The third kappa shape index (κ3) is 2.65. The highest BCUT2D eigenvalue weighted by atomic mass is 32.1. The number of fused-ring (bicyclic) bond motifs is 4. The summed E-state index contributed by atoms with van der Waals surface area (Å²) in [4.78, 5) is 37.7. The van der Waals surface area contributed by atoms with Gasteiger partial charge in [0.05, 0.1) is 17.4 Å². The van der Waals surface area contributed by atoms with E-state index in [-0.39, 0.29) is 17.7 Å². The molecule has 0 aromatic carbocycles. The summed E-state index contributed by atoms with van der Waals surface area (Å²) >= 11 is 1.42. The van der Waals surface area contributed by atoms with Gasteiger partial charge in [0.2, 0.25) is 5.91 Å². The second kappa shape index (κ2) is 6.12.